The maximum atomic E-state index is 12.9. The number of Topliss-reactive ketones (excluding diaryl/α,β-unsaturated/α-hetero) is 1. The Labute approximate surface area is 1000 Å². The Morgan fingerprint density at radius 1 is 0.490 bits per heavy atom. The van der Waals surface area contributed by atoms with E-state index in [4.69, 9.17) is 96.0 Å². The van der Waals surface area contributed by atoms with Crippen LogP contribution in [0, 0.1) is 10.8 Å². The molecule has 9 aromatic rings. The van der Waals surface area contributed by atoms with Gasteiger partial charge in [-0.25, -0.2) is 4.98 Å². The third-order valence-electron chi connectivity index (χ3n) is 19.9. The molecule has 0 fully saturated rings. The van der Waals surface area contributed by atoms with Crippen LogP contribution in [-0.4, -0.2) is 192 Å². The molecule has 0 bridgehead atoms. The second kappa shape index (κ2) is 73.3. The zero-order valence-corrected chi connectivity index (χ0v) is 104. The van der Waals surface area contributed by atoms with E-state index in [2.05, 4.69) is 130 Å². The molecular formula is C107H139Br2Cl5K2N12O18Sn. The van der Waals surface area contributed by atoms with Crippen LogP contribution in [0.15, 0.2) is 197 Å². The van der Waals surface area contributed by atoms with Crippen LogP contribution in [0.2, 0.25) is 24.5 Å². The van der Waals surface area contributed by atoms with E-state index in [9.17, 15) is 43.2 Å². The number of carbonyl (C=O) groups is 10. The molecule has 8 aromatic carbocycles. The summed E-state index contributed by atoms with van der Waals surface area (Å²) in [6.45, 7) is 42.2. The van der Waals surface area contributed by atoms with Crippen LogP contribution in [0.25, 0.3) is 17.0 Å². The van der Waals surface area contributed by atoms with Crippen molar-refractivity contribution in [1.29, 1.82) is 5.41 Å². The molecule has 0 spiro atoms. The van der Waals surface area contributed by atoms with Crippen LogP contribution < -0.4 is 175 Å². The summed E-state index contributed by atoms with van der Waals surface area (Å²) in [5.41, 5.74) is 13.3. The van der Waals surface area contributed by atoms with Gasteiger partial charge in [-0.1, -0.05) is 211 Å². The number of carbonyl (C=O) groups excluding carboxylic acids is 10. The SMILES string of the molecule is C=C(OCC)c1ccc(CC(NC(=O)c2ccc(OC(C)C)c(Cl)c2)C(=O)NC)cc1.C=[C](OCC)[Sn][CH2]CCC.CC(C)(C)C(=N)N.CNC(=O)C(Cc1ccc(-c2cnc(C(C)(C)C)[nH]2)cc1)NC(=O)c1ccc(OC(C)C)c(Cl)c1.CNC(=O)C(Cc1ccc(Br)cc1)NC(=O)c1ccc(OC(C)C)c(Cl)c1.CNC(=O)C(Cc1ccc(C(=O)CBr)cc1)NC(=O)c1ccc(OC(C)C)c(Cl)c1.Cl.O=CO[O-].[H-].[K+].[K+]. The number of unbranched alkanes of at least 4 members (excludes halogenated alkanes) is 1. The van der Waals surface area contributed by atoms with E-state index in [0.717, 1.165) is 59.8 Å². The van der Waals surface area contributed by atoms with Gasteiger partial charge in [0.15, 0.2) is 5.78 Å². The fraction of sp³-hybridized carbons (Fsp3) is 0.383. The van der Waals surface area contributed by atoms with Crippen LogP contribution >= 0.6 is 90.7 Å². The number of amides is 8. The average Bonchev–Trinajstić information content (AvgIpc) is 1.73. The molecule has 12 N–H and O–H groups in total. The number of aromatic nitrogens is 2. The number of likely N-dealkylation sites (N-methyl/N-ethyl adjacent to an activating group) is 4. The van der Waals surface area contributed by atoms with Gasteiger partial charge in [-0.3, -0.25) is 53.4 Å². The average molecular weight is 2420 g/mol. The molecule has 1 heterocycles. The first-order valence-corrected chi connectivity index (χ1v) is 53.4. The fourth-order valence-electron chi connectivity index (χ4n) is 12.3. The Kier molecular flexibility index (Phi) is 69.4. The number of H-pyrrole nitrogens is 1. The molecule has 30 nitrogen and oxygen atoms in total. The molecule has 790 valence electrons. The van der Waals surface area contributed by atoms with E-state index < -0.39 is 36.0 Å². The van der Waals surface area contributed by atoms with Gasteiger partial charge in [0.2, 0.25) is 23.6 Å². The van der Waals surface area contributed by atoms with Crippen LogP contribution in [0.5, 0.6) is 23.0 Å². The Hall–Kier alpha value is -7.94. The molecular weight excluding hydrogens is 2280 g/mol. The number of nitrogens with zero attached hydrogens (tertiary/aromatic N) is 1. The molecule has 0 aliphatic rings. The number of aromatic amines is 1. The first-order chi connectivity index (χ1) is 67.9. The number of hydrogen-bond donors (Lipinski definition) is 11. The standard InChI is InChI=1S/C27H33ClN4O3.C24H29ClN2O4.C22H24BrClN2O4.C20H22BrClN2O3.C5H12N2.C4H7O.C4H9.CH2O3.ClH.2K.Sn.H/c1-16(2)35-23-12-11-19(14-20(23)28)24(33)31-21(25(34)29-6)13-17-7-9-18(10-8-17)22-15-30-26(32-22)27(3,4)5;1-6-30-16(4)18-9-7-17(8-10-18)13-21(24(29)26-5)27-23(28)19-11-12-22(20(25)14-19)31-15(2)3;1-13(2)30-20-9-8-16(11-17(20)24)21(28)26-18(22(29)25-3)10-14-4-6-15(7-5-14)19(27)12-23;1-12(2)27-18-9-6-14(11-16(18)22)19(25)24-17(20(26)23-3)10-13-4-7-15(21)8-5-13;1-5(2,3)4(6)7;1-3-5-4-2;1-3-4-2;2-1-4-3;;;;;/h7-12,14-16,21H,13H2,1-6H3,(H,29,34)(H,30,32)(H,31,33);7-12,14-15,21H,4,6,13H2,1-3,5H3,(H,26,29)(H,27,28);4-9,11,13,18H,10,12H2,1-3H3,(H,25,29)(H,26,28);4-9,11-12,17H,10H2,1-3H3,(H,23,26)(H,24,25);1-3H3,(H3,6,7);1,4H2,2H3;1,3-4H2,2H3;1,3H;1H;;;;/q;;;;;;;;;2*+1;;-1/p-1. The van der Waals surface area contributed by atoms with E-state index in [1.807, 2.05) is 169 Å². The van der Waals surface area contributed by atoms with Crippen molar-refractivity contribution in [3.63, 3.8) is 0 Å². The molecule has 0 aliphatic carbocycles. The number of hydrogen-bond acceptors (Lipinski definition) is 20. The minimum absolute atomic E-state index is 0. The van der Waals surface area contributed by atoms with Crippen LogP contribution in [0.1, 0.15) is 217 Å². The number of rotatable bonds is 41. The summed E-state index contributed by atoms with van der Waals surface area (Å²) in [4.78, 5) is 131. The fourth-order valence-corrected chi connectivity index (χ4v) is 16.8. The van der Waals surface area contributed by atoms with E-state index in [1.54, 1.807) is 85.9 Å². The smallest absolute Gasteiger partial charge is 1.00 e. The molecule has 4 atom stereocenters. The largest absolute Gasteiger partial charge is 1.00 e. The van der Waals surface area contributed by atoms with Crippen molar-refractivity contribution < 1.29 is 191 Å². The quantitative estimate of drug-likeness (QED) is 0.00162. The number of alkyl halides is 1. The van der Waals surface area contributed by atoms with E-state index in [-0.39, 0.29) is 238 Å². The number of imidazole rings is 1. The van der Waals surface area contributed by atoms with E-state index in [0.29, 0.717) is 103 Å². The Morgan fingerprint density at radius 2 is 0.769 bits per heavy atom. The van der Waals surface area contributed by atoms with Gasteiger partial charge in [0, 0.05) is 103 Å². The van der Waals surface area contributed by atoms with Crippen LogP contribution in [-0.2, 0) is 69.4 Å². The van der Waals surface area contributed by atoms with Crippen molar-refractivity contribution in [3.8, 4) is 34.3 Å². The zero-order valence-electron chi connectivity index (χ0n) is 89.0. The molecule has 40 heteroatoms. The van der Waals surface area contributed by atoms with Gasteiger partial charge >= 0.3 is 177 Å². The normalized spacial score (nSPS) is 11.2. The number of ketones is 1. The summed E-state index contributed by atoms with van der Waals surface area (Å²) in [5, 5.41) is 38.4. The first-order valence-electron chi connectivity index (χ1n) is 46.5. The topological polar surface area (TPSA) is 433 Å². The molecule has 147 heavy (non-hydrogen) atoms. The summed E-state index contributed by atoms with van der Waals surface area (Å²) in [6, 6.07) is 46.1. The predicted molar refractivity (Wildman–Crippen MR) is 587 cm³/mol. The van der Waals surface area contributed by atoms with Gasteiger partial charge < -0.3 is 88.5 Å². The van der Waals surface area contributed by atoms with Crippen LogP contribution in [0.4, 0.5) is 0 Å². The summed E-state index contributed by atoms with van der Waals surface area (Å²) in [5.74, 6) is 0.995. The summed E-state index contributed by atoms with van der Waals surface area (Å²) >= 11 is 31.1. The Bertz CT molecular complexity index is 5680. The molecule has 0 saturated heterocycles. The van der Waals surface area contributed by atoms with Gasteiger partial charge in [-0.15, -0.1) is 12.4 Å². The zero-order chi connectivity index (χ0) is 108. The summed E-state index contributed by atoms with van der Waals surface area (Å²) in [6.07, 6.45) is 5.67. The van der Waals surface area contributed by atoms with Gasteiger partial charge in [-0.05, 0) is 175 Å². The number of ether oxygens (including phenoxy) is 6. The van der Waals surface area contributed by atoms with Gasteiger partial charge in [0.05, 0.1) is 74.2 Å². The molecule has 2 radical (unpaired) electrons. The summed E-state index contributed by atoms with van der Waals surface area (Å²) in [7, 11) is 6.13. The number of nitrogens with one attached hydrogen (secondary N) is 10. The number of benzene rings is 8. The minimum atomic E-state index is -0.786. The maximum Gasteiger partial charge on any atom is 1.00 e. The number of amidine groups is 1. The predicted octanol–water partition coefficient (Wildman–Crippen LogP) is 13.3. The molecule has 9 rings (SSSR count). The molecule has 8 amide bonds. The maximum absolute atomic E-state index is 12.9. The Balaban J connectivity index is 0. The third kappa shape index (κ3) is 53.3. The molecule has 4 unspecified atom stereocenters. The summed E-state index contributed by atoms with van der Waals surface area (Å²) < 4.78 is 36.5. The van der Waals surface area contributed by atoms with Gasteiger partial charge in [0.1, 0.15) is 58.7 Å². The molecule has 0 saturated carbocycles. The third-order valence-corrected chi connectivity index (χ3v) is 25.4. The number of halogens is 7. The monoisotopic (exact) mass is 2410 g/mol. The van der Waals surface area contributed by atoms with Gasteiger partial charge in [-0.2, -0.15) is 0 Å². The second-order valence-corrected chi connectivity index (χ2v) is 42.3. The van der Waals surface area contributed by atoms with Crippen LogP contribution in [0.3, 0.4) is 0 Å². The van der Waals surface area contributed by atoms with E-state index in [1.165, 1.54) is 56.6 Å². The van der Waals surface area contributed by atoms with Crippen molar-refractivity contribution in [1.82, 2.24) is 52.5 Å². The first kappa shape index (κ1) is 139. The second-order valence-electron chi connectivity index (χ2n) is 35.1. The molecule has 1 aromatic heterocycles. The van der Waals surface area contributed by atoms with Crippen molar-refractivity contribution in [3.05, 3.63) is 279 Å². The Morgan fingerprint density at radius 3 is 1.01 bits per heavy atom. The van der Waals surface area contributed by atoms with Crippen molar-refractivity contribution >= 4 is 183 Å². The molecule has 0 aliphatic heterocycles. The van der Waals surface area contributed by atoms with Crippen molar-refractivity contribution in [2.75, 3.05) is 46.7 Å². The van der Waals surface area contributed by atoms with Gasteiger partial charge in [0.25, 0.3) is 30.1 Å². The van der Waals surface area contributed by atoms with Crippen molar-refractivity contribution in [2.24, 2.45) is 11.1 Å². The minimum Gasteiger partial charge on any atom is -1.00 e. The van der Waals surface area contributed by atoms with Crippen molar-refractivity contribution in [2.45, 2.75) is 215 Å². The number of nitrogens with two attached hydrogens (primary N) is 1. The van der Waals surface area contributed by atoms with E-state index >= 15 is 0 Å².